The van der Waals surface area contributed by atoms with E-state index in [1.165, 1.54) is 22.4 Å². The zero-order valence-electron chi connectivity index (χ0n) is 17.6. The number of rotatable bonds is 11. The number of carbonyl (C=O) groups excluding carboxylic acids is 1. The summed E-state index contributed by atoms with van der Waals surface area (Å²) in [6.45, 7) is 13.9. The van der Waals surface area contributed by atoms with Gasteiger partial charge in [-0.25, -0.2) is 0 Å². The van der Waals surface area contributed by atoms with Gasteiger partial charge in [0.2, 0.25) is 11.8 Å². The number of nitrogens with zero attached hydrogens (tertiary/aromatic N) is 1. The highest BCUT2D eigenvalue weighted by atomic mass is 32.2. The number of carbonyl (C=O) groups is 1. The smallest absolute Gasteiger partial charge is 0.221 e. The summed E-state index contributed by atoms with van der Waals surface area (Å²) in [4.78, 5) is 12.6. The van der Waals surface area contributed by atoms with Crippen molar-refractivity contribution in [3.63, 3.8) is 0 Å². The van der Waals surface area contributed by atoms with E-state index in [9.17, 15) is 15.0 Å². The number of aromatic hydroxyl groups is 2. The fourth-order valence-electron chi connectivity index (χ4n) is 2.55. The fourth-order valence-corrected chi connectivity index (χ4v) is 3.29. The van der Waals surface area contributed by atoms with Crippen LogP contribution in [0.15, 0.2) is 11.0 Å². The van der Waals surface area contributed by atoms with Crippen LogP contribution in [0.1, 0.15) is 60.8 Å². The number of hydrogen-bond acceptors (Lipinski definition) is 5. The Morgan fingerprint density at radius 1 is 1.22 bits per heavy atom. The van der Waals surface area contributed by atoms with E-state index < -0.39 is 0 Å². The standard InChI is InChI=1S/C20H36N2O4S/c1-7-27-15-14-17(24)22(18(15)25)12-8-16(23)21-11-13-26-20(5,6)10-9-19(2,3)4/h14,24-25H,7-13H2,1-6H3,(H,21,23). The van der Waals surface area contributed by atoms with Crippen molar-refractivity contribution in [2.75, 3.05) is 18.9 Å². The molecular weight excluding hydrogens is 364 g/mol. The first-order valence-corrected chi connectivity index (χ1v) is 10.6. The third-order valence-electron chi connectivity index (χ3n) is 4.27. The molecule has 0 saturated carbocycles. The van der Waals surface area contributed by atoms with E-state index in [0.717, 1.165) is 18.6 Å². The van der Waals surface area contributed by atoms with Gasteiger partial charge < -0.3 is 20.3 Å². The minimum absolute atomic E-state index is 0.0103. The lowest BCUT2D eigenvalue weighted by Gasteiger charge is -2.29. The average molecular weight is 401 g/mol. The Hall–Kier alpha value is -1.34. The molecule has 0 aliphatic carbocycles. The maximum atomic E-state index is 12.0. The molecule has 0 bridgehead atoms. The first-order valence-electron chi connectivity index (χ1n) is 9.60. The first-order chi connectivity index (χ1) is 12.4. The maximum Gasteiger partial charge on any atom is 0.221 e. The summed E-state index contributed by atoms with van der Waals surface area (Å²) in [5, 5.41) is 22.8. The molecule has 1 heterocycles. The molecule has 7 heteroatoms. The lowest BCUT2D eigenvalue weighted by molar-refractivity contribution is -0.122. The Balaban J connectivity index is 2.32. The van der Waals surface area contributed by atoms with Crippen molar-refractivity contribution in [2.45, 2.75) is 77.8 Å². The molecule has 1 aromatic heterocycles. The summed E-state index contributed by atoms with van der Waals surface area (Å²) in [5.74, 6) is 0.642. The minimum Gasteiger partial charge on any atom is -0.494 e. The SMILES string of the molecule is CCSc1cc(O)n(CCC(=O)NCCOC(C)(C)CCC(C)(C)C)c1O. The van der Waals surface area contributed by atoms with Crippen LogP contribution >= 0.6 is 11.8 Å². The van der Waals surface area contributed by atoms with Crippen LogP contribution in [0.25, 0.3) is 0 Å². The average Bonchev–Trinajstić information content (AvgIpc) is 2.82. The van der Waals surface area contributed by atoms with Gasteiger partial charge in [-0.1, -0.05) is 27.7 Å². The van der Waals surface area contributed by atoms with E-state index in [-0.39, 0.29) is 41.6 Å². The lowest BCUT2D eigenvalue weighted by Crippen LogP contribution is -2.33. The number of hydrogen-bond donors (Lipinski definition) is 3. The zero-order chi connectivity index (χ0) is 20.7. The van der Waals surface area contributed by atoms with Gasteiger partial charge in [0.15, 0.2) is 5.88 Å². The summed E-state index contributed by atoms with van der Waals surface area (Å²) in [7, 11) is 0. The molecule has 156 valence electrons. The van der Waals surface area contributed by atoms with Gasteiger partial charge >= 0.3 is 0 Å². The van der Waals surface area contributed by atoms with Crippen LogP contribution in [0.5, 0.6) is 11.8 Å². The predicted molar refractivity (Wildman–Crippen MR) is 111 cm³/mol. The highest BCUT2D eigenvalue weighted by Gasteiger charge is 2.22. The van der Waals surface area contributed by atoms with Crippen LogP contribution in [0.3, 0.4) is 0 Å². The van der Waals surface area contributed by atoms with E-state index >= 15 is 0 Å². The van der Waals surface area contributed by atoms with Gasteiger partial charge in [-0.3, -0.25) is 9.36 Å². The molecule has 0 unspecified atom stereocenters. The Morgan fingerprint density at radius 2 is 1.89 bits per heavy atom. The molecule has 0 spiro atoms. The van der Waals surface area contributed by atoms with Gasteiger partial charge in [0, 0.05) is 25.6 Å². The van der Waals surface area contributed by atoms with Crippen molar-refractivity contribution in [1.82, 2.24) is 9.88 Å². The van der Waals surface area contributed by atoms with Crippen LogP contribution in [0, 0.1) is 5.41 Å². The first kappa shape index (κ1) is 23.7. The Bertz CT molecular complexity index is 606. The van der Waals surface area contributed by atoms with E-state index in [0.29, 0.717) is 18.0 Å². The minimum atomic E-state index is -0.214. The molecular formula is C20H36N2O4S. The fraction of sp³-hybridized carbons (Fsp3) is 0.750. The second-order valence-electron chi connectivity index (χ2n) is 8.54. The van der Waals surface area contributed by atoms with Gasteiger partial charge in [-0.2, -0.15) is 0 Å². The number of amides is 1. The van der Waals surface area contributed by atoms with Crippen LogP contribution in [-0.2, 0) is 16.1 Å². The molecule has 0 aliphatic rings. The molecule has 0 aromatic carbocycles. The predicted octanol–water partition coefficient (Wildman–Crippen LogP) is 4.14. The van der Waals surface area contributed by atoms with Gasteiger partial charge in [-0.15, -0.1) is 11.8 Å². The van der Waals surface area contributed by atoms with E-state index in [1.807, 2.05) is 6.92 Å². The van der Waals surface area contributed by atoms with Crippen molar-refractivity contribution < 1.29 is 19.7 Å². The summed E-state index contributed by atoms with van der Waals surface area (Å²) in [5.41, 5.74) is 0.0635. The molecule has 0 aliphatic heterocycles. The van der Waals surface area contributed by atoms with Gasteiger partial charge in [0.05, 0.1) is 17.1 Å². The Morgan fingerprint density at radius 3 is 2.48 bits per heavy atom. The number of aromatic nitrogens is 1. The number of thioether (sulfide) groups is 1. The molecule has 27 heavy (non-hydrogen) atoms. The summed E-state index contributed by atoms with van der Waals surface area (Å²) >= 11 is 1.45. The molecule has 6 nitrogen and oxygen atoms in total. The Kier molecular flexibility index (Phi) is 9.02. The normalized spacial score (nSPS) is 12.4. The van der Waals surface area contributed by atoms with Crippen molar-refractivity contribution in [3.8, 4) is 11.8 Å². The van der Waals surface area contributed by atoms with Crippen LogP contribution in [0.4, 0.5) is 0 Å². The van der Waals surface area contributed by atoms with Gasteiger partial charge in [-0.05, 0) is 37.9 Å². The quantitative estimate of drug-likeness (QED) is 0.384. The van der Waals surface area contributed by atoms with Crippen molar-refractivity contribution in [1.29, 1.82) is 0 Å². The van der Waals surface area contributed by atoms with Crippen molar-refractivity contribution >= 4 is 17.7 Å². The molecule has 0 radical (unpaired) electrons. The molecule has 1 aromatic rings. The third kappa shape index (κ3) is 8.93. The van der Waals surface area contributed by atoms with E-state index in [1.54, 1.807) is 0 Å². The van der Waals surface area contributed by atoms with E-state index in [4.69, 9.17) is 4.74 Å². The number of nitrogens with one attached hydrogen (secondary N) is 1. The molecule has 0 saturated heterocycles. The third-order valence-corrected chi connectivity index (χ3v) is 5.17. The zero-order valence-corrected chi connectivity index (χ0v) is 18.4. The van der Waals surface area contributed by atoms with Gasteiger partial charge in [0.1, 0.15) is 0 Å². The largest absolute Gasteiger partial charge is 0.494 e. The highest BCUT2D eigenvalue weighted by molar-refractivity contribution is 7.99. The summed E-state index contributed by atoms with van der Waals surface area (Å²) < 4.78 is 7.25. The molecule has 1 amide bonds. The highest BCUT2D eigenvalue weighted by Crippen LogP contribution is 2.35. The molecule has 0 fully saturated rings. The molecule has 1 rings (SSSR count). The van der Waals surface area contributed by atoms with Crippen LogP contribution < -0.4 is 5.32 Å². The second kappa shape index (κ2) is 10.3. The van der Waals surface area contributed by atoms with Gasteiger partial charge in [0.25, 0.3) is 0 Å². The van der Waals surface area contributed by atoms with Crippen LogP contribution in [-0.4, -0.2) is 45.2 Å². The monoisotopic (exact) mass is 400 g/mol. The molecule has 0 atom stereocenters. The number of ether oxygens (including phenoxy) is 1. The summed E-state index contributed by atoms with van der Waals surface area (Å²) in [6.07, 6.45) is 2.22. The van der Waals surface area contributed by atoms with Crippen molar-refractivity contribution in [2.24, 2.45) is 5.41 Å². The van der Waals surface area contributed by atoms with Crippen molar-refractivity contribution in [3.05, 3.63) is 6.07 Å². The topological polar surface area (TPSA) is 83.7 Å². The summed E-state index contributed by atoms with van der Waals surface area (Å²) in [6, 6.07) is 1.52. The maximum absolute atomic E-state index is 12.0. The van der Waals surface area contributed by atoms with E-state index in [2.05, 4.69) is 39.9 Å². The molecule has 3 N–H and O–H groups in total. The lowest BCUT2D eigenvalue weighted by atomic mass is 9.86. The second-order valence-corrected chi connectivity index (χ2v) is 9.85. The Labute approximate surface area is 167 Å². The van der Waals surface area contributed by atoms with Crippen LogP contribution in [0.2, 0.25) is 0 Å².